The molecule has 0 aromatic heterocycles. The number of halogens is 1. The van der Waals surface area contributed by atoms with Gasteiger partial charge >= 0.3 is 0 Å². The second-order valence-corrected chi connectivity index (χ2v) is 4.98. The molecule has 16 heavy (non-hydrogen) atoms. The van der Waals surface area contributed by atoms with Gasteiger partial charge in [-0.3, -0.25) is 4.79 Å². The van der Waals surface area contributed by atoms with Crippen molar-refractivity contribution in [1.82, 2.24) is 5.32 Å². The van der Waals surface area contributed by atoms with Gasteiger partial charge < -0.3 is 10.4 Å². The molecule has 1 saturated carbocycles. The van der Waals surface area contributed by atoms with E-state index in [1.54, 1.807) is 18.2 Å². The van der Waals surface area contributed by atoms with Crippen molar-refractivity contribution in [2.75, 3.05) is 6.61 Å². The second-order valence-electron chi connectivity index (χ2n) is 4.06. The molecule has 1 aromatic rings. The van der Waals surface area contributed by atoms with E-state index < -0.39 is 5.54 Å². The lowest BCUT2D eigenvalue weighted by Crippen LogP contribution is -2.39. The van der Waals surface area contributed by atoms with E-state index in [2.05, 4.69) is 17.9 Å². The fourth-order valence-electron chi connectivity index (χ4n) is 1.47. The van der Waals surface area contributed by atoms with Crippen molar-refractivity contribution >= 4 is 30.1 Å². The zero-order valence-electron chi connectivity index (χ0n) is 8.53. The Balaban J connectivity index is 2.17. The Labute approximate surface area is 104 Å². The minimum absolute atomic E-state index is 0.0308. The number of nitrogens with one attached hydrogen (secondary N) is 1. The minimum atomic E-state index is -0.424. The minimum Gasteiger partial charge on any atom is -0.394 e. The summed E-state index contributed by atoms with van der Waals surface area (Å²) >= 11 is 10.1. The van der Waals surface area contributed by atoms with Gasteiger partial charge in [-0.25, -0.2) is 0 Å². The first-order valence-electron chi connectivity index (χ1n) is 4.98. The zero-order chi connectivity index (χ0) is 11.8. The van der Waals surface area contributed by atoms with E-state index in [1.165, 1.54) is 0 Å². The van der Waals surface area contributed by atoms with Crippen molar-refractivity contribution in [2.24, 2.45) is 0 Å². The Hall–Kier alpha value is -0.710. The van der Waals surface area contributed by atoms with Crippen LogP contribution in [-0.4, -0.2) is 23.2 Å². The van der Waals surface area contributed by atoms with Crippen LogP contribution in [0.15, 0.2) is 23.1 Å². The molecule has 1 amide bonds. The van der Waals surface area contributed by atoms with Gasteiger partial charge in [-0.15, -0.1) is 12.6 Å². The Morgan fingerprint density at radius 3 is 2.81 bits per heavy atom. The number of hydrogen-bond acceptors (Lipinski definition) is 3. The highest BCUT2D eigenvalue weighted by molar-refractivity contribution is 7.80. The van der Waals surface area contributed by atoms with Crippen molar-refractivity contribution in [1.29, 1.82) is 0 Å². The normalized spacial score (nSPS) is 16.9. The van der Waals surface area contributed by atoms with Gasteiger partial charge in [-0.2, -0.15) is 0 Å². The SMILES string of the molecule is O=C(NC1(CO)CC1)c1cc(S)ccc1Cl. The van der Waals surface area contributed by atoms with Crippen LogP contribution in [0.1, 0.15) is 23.2 Å². The topological polar surface area (TPSA) is 49.3 Å². The summed E-state index contributed by atoms with van der Waals surface area (Å²) in [5.74, 6) is -0.257. The fourth-order valence-corrected chi connectivity index (χ4v) is 1.88. The number of thiol groups is 1. The molecule has 0 saturated heterocycles. The highest BCUT2D eigenvalue weighted by Gasteiger charge is 2.43. The molecule has 1 aliphatic rings. The lowest BCUT2D eigenvalue weighted by Gasteiger charge is -2.15. The summed E-state index contributed by atoms with van der Waals surface area (Å²) in [6.07, 6.45) is 1.63. The van der Waals surface area contributed by atoms with Crippen LogP contribution in [0.2, 0.25) is 5.02 Å². The molecule has 0 unspecified atom stereocenters. The molecule has 86 valence electrons. The summed E-state index contributed by atoms with van der Waals surface area (Å²) < 4.78 is 0. The molecule has 0 radical (unpaired) electrons. The Kier molecular flexibility index (Phi) is 3.15. The number of rotatable bonds is 3. The lowest BCUT2D eigenvalue weighted by atomic mass is 10.2. The van der Waals surface area contributed by atoms with E-state index in [0.29, 0.717) is 15.5 Å². The van der Waals surface area contributed by atoms with E-state index in [0.717, 1.165) is 12.8 Å². The number of carbonyl (C=O) groups is 1. The maximum atomic E-state index is 11.9. The average molecular weight is 258 g/mol. The molecule has 0 heterocycles. The standard InChI is InChI=1S/C11H12ClNO2S/c12-9-2-1-7(16)5-8(9)10(15)13-11(6-14)3-4-11/h1-2,5,14,16H,3-4,6H2,(H,13,15). The van der Waals surface area contributed by atoms with Gasteiger partial charge in [0.05, 0.1) is 22.7 Å². The first-order valence-corrected chi connectivity index (χ1v) is 5.81. The van der Waals surface area contributed by atoms with Gasteiger partial charge in [0.1, 0.15) is 0 Å². The largest absolute Gasteiger partial charge is 0.394 e. The van der Waals surface area contributed by atoms with Crippen molar-refractivity contribution in [3.8, 4) is 0 Å². The molecule has 2 N–H and O–H groups in total. The van der Waals surface area contributed by atoms with Gasteiger partial charge in [0.2, 0.25) is 0 Å². The molecule has 1 fully saturated rings. The maximum Gasteiger partial charge on any atom is 0.253 e. The van der Waals surface area contributed by atoms with Crippen LogP contribution in [0.5, 0.6) is 0 Å². The Morgan fingerprint density at radius 1 is 1.56 bits per heavy atom. The number of carbonyl (C=O) groups excluding carboxylic acids is 1. The molecule has 1 aliphatic carbocycles. The van der Waals surface area contributed by atoms with E-state index in [9.17, 15) is 4.79 Å². The van der Waals surface area contributed by atoms with Crippen LogP contribution < -0.4 is 5.32 Å². The molecule has 0 aliphatic heterocycles. The van der Waals surface area contributed by atoms with Gasteiger partial charge in [0, 0.05) is 4.90 Å². The summed E-state index contributed by atoms with van der Waals surface area (Å²) in [5, 5.41) is 12.3. The van der Waals surface area contributed by atoms with Gasteiger partial charge in [-0.1, -0.05) is 11.6 Å². The Morgan fingerprint density at radius 2 is 2.25 bits per heavy atom. The summed E-state index contributed by atoms with van der Waals surface area (Å²) in [5.41, 5.74) is -0.0265. The van der Waals surface area contributed by atoms with E-state index >= 15 is 0 Å². The fraction of sp³-hybridized carbons (Fsp3) is 0.364. The van der Waals surface area contributed by atoms with E-state index in [-0.39, 0.29) is 12.5 Å². The summed E-state index contributed by atoms with van der Waals surface area (Å²) in [7, 11) is 0. The molecular formula is C11H12ClNO2S. The van der Waals surface area contributed by atoms with Crippen LogP contribution in [0.3, 0.4) is 0 Å². The predicted molar refractivity (Wildman–Crippen MR) is 65.2 cm³/mol. The van der Waals surface area contributed by atoms with Gasteiger partial charge in [-0.05, 0) is 31.0 Å². The second kappa shape index (κ2) is 4.28. The molecule has 5 heteroatoms. The highest BCUT2D eigenvalue weighted by Crippen LogP contribution is 2.35. The summed E-state index contributed by atoms with van der Waals surface area (Å²) in [4.78, 5) is 12.6. The number of aliphatic hydroxyl groups excluding tert-OH is 1. The Bertz CT molecular complexity index is 432. The third-order valence-corrected chi connectivity index (χ3v) is 3.34. The van der Waals surface area contributed by atoms with Crippen LogP contribution in [-0.2, 0) is 0 Å². The summed E-state index contributed by atoms with van der Waals surface area (Å²) in [6, 6.07) is 4.98. The number of hydrogen-bond donors (Lipinski definition) is 3. The lowest BCUT2D eigenvalue weighted by molar-refractivity contribution is 0.0906. The van der Waals surface area contributed by atoms with Crippen molar-refractivity contribution in [2.45, 2.75) is 23.3 Å². The number of amides is 1. The molecule has 3 nitrogen and oxygen atoms in total. The molecule has 0 atom stereocenters. The monoisotopic (exact) mass is 257 g/mol. The number of aliphatic hydroxyl groups is 1. The van der Waals surface area contributed by atoms with Crippen LogP contribution in [0, 0.1) is 0 Å². The molecular weight excluding hydrogens is 246 g/mol. The van der Waals surface area contributed by atoms with Crippen LogP contribution in [0.25, 0.3) is 0 Å². The molecule has 0 bridgehead atoms. The molecule has 2 rings (SSSR count). The number of benzene rings is 1. The predicted octanol–water partition coefficient (Wildman–Crippen LogP) is 1.88. The van der Waals surface area contributed by atoms with Crippen LogP contribution in [0.4, 0.5) is 0 Å². The first-order chi connectivity index (χ1) is 7.56. The third-order valence-electron chi connectivity index (χ3n) is 2.73. The van der Waals surface area contributed by atoms with E-state index in [1.807, 2.05) is 0 Å². The zero-order valence-corrected chi connectivity index (χ0v) is 10.2. The van der Waals surface area contributed by atoms with Gasteiger partial charge in [0.25, 0.3) is 5.91 Å². The third kappa shape index (κ3) is 2.34. The molecule has 0 spiro atoms. The molecule has 1 aromatic carbocycles. The van der Waals surface area contributed by atoms with Gasteiger partial charge in [0.15, 0.2) is 0 Å². The average Bonchev–Trinajstić information content (AvgIpc) is 3.02. The highest BCUT2D eigenvalue weighted by atomic mass is 35.5. The first kappa shape index (κ1) is 11.8. The van der Waals surface area contributed by atoms with E-state index in [4.69, 9.17) is 16.7 Å². The van der Waals surface area contributed by atoms with Crippen LogP contribution >= 0.6 is 24.2 Å². The van der Waals surface area contributed by atoms with Crippen molar-refractivity contribution < 1.29 is 9.90 Å². The summed E-state index contributed by atoms with van der Waals surface area (Å²) in [6.45, 7) is -0.0308. The van der Waals surface area contributed by atoms with Crippen molar-refractivity contribution in [3.05, 3.63) is 28.8 Å². The smallest absolute Gasteiger partial charge is 0.253 e. The quantitative estimate of drug-likeness (QED) is 0.725. The maximum absolute atomic E-state index is 11.9. The van der Waals surface area contributed by atoms with Crippen molar-refractivity contribution in [3.63, 3.8) is 0 Å².